The number of rotatable bonds is 5. The van der Waals surface area contributed by atoms with E-state index in [9.17, 15) is 9.59 Å². The first-order valence-electron chi connectivity index (χ1n) is 13.5. The van der Waals surface area contributed by atoms with Crippen LogP contribution in [0.3, 0.4) is 0 Å². The molecule has 6 nitrogen and oxygen atoms in total. The van der Waals surface area contributed by atoms with Gasteiger partial charge in [0.15, 0.2) is 0 Å². The summed E-state index contributed by atoms with van der Waals surface area (Å²) >= 11 is 0. The first-order valence-corrected chi connectivity index (χ1v) is 13.5. The van der Waals surface area contributed by atoms with Crippen molar-refractivity contribution < 1.29 is 9.59 Å². The van der Waals surface area contributed by atoms with Crippen molar-refractivity contribution in [1.29, 1.82) is 0 Å². The molecule has 1 saturated heterocycles. The van der Waals surface area contributed by atoms with Crippen molar-refractivity contribution in [3.05, 3.63) is 89.2 Å². The molecule has 3 aromatic rings. The van der Waals surface area contributed by atoms with Gasteiger partial charge in [0, 0.05) is 22.9 Å². The quantitative estimate of drug-likeness (QED) is 0.563. The second-order valence-electron chi connectivity index (χ2n) is 10.6. The van der Waals surface area contributed by atoms with E-state index in [1.54, 1.807) is 0 Å². The van der Waals surface area contributed by atoms with Crippen LogP contribution in [-0.2, 0) is 17.8 Å². The third-order valence-corrected chi connectivity index (χ3v) is 8.40. The topological polar surface area (TPSA) is 67.2 Å². The molecule has 6 heteroatoms. The van der Waals surface area contributed by atoms with E-state index in [4.69, 9.17) is 5.10 Å². The van der Waals surface area contributed by atoms with Gasteiger partial charge in [0.2, 0.25) is 5.91 Å². The van der Waals surface area contributed by atoms with Gasteiger partial charge in [0.25, 0.3) is 5.91 Å². The van der Waals surface area contributed by atoms with Gasteiger partial charge in [0.1, 0.15) is 6.04 Å². The van der Waals surface area contributed by atoms with Crippen LogP contribution in [0.25, 0.3) is 0 Å². The van der Waals surface area contributed by atoms with E-state index in [1.165, 1.54) is 17.7 Å². The standard InChI is InChI=1S/C30H34N4O2/c35-29(28-18-23-14-7-8-16-26(23)34(28)30(36)22-12-5-2-6-13-22)32-25-15-9-17-27-24(25)19-31-33(27)20-21-10-3-1-4-11-21/h1-6,10-13,19,23,25-26,28H,7-9,14-18,20H2,(H,32,35). The molecule has 2 amide bonds. The first kappa shape index (κ1) is 23.0. The Bertz CT molecular complexity index is 1220. The molecule has 2 aliphatic carbocycles. The highest BCUT2D eigenvalue weighted by molar-refractivity contribution is 5.98. The molecular weight excluding hydrogens is 448 g/mol. The molecule has 36 heavy (non-hydrogen) atoms. The van der Waals surface area contributed by atoms with Crippen LogP contribution in [0.15, 0.2) is 66.9 Å². The van der Waals surface area contributed by atoms with Crippen LogP contribution < -0.4 is 5.32 Å². The van der Waals surface area contributed by atoms with Gasteiger partial charge in [-0.3, -0.25) is 14.3 Å². The lowest BCUT2D eigenvalue weighted by molar-refractivity contribution is -0.126. The molecule has 0 bridgehead atoms. The normalized spacial score (nSPS) is 25.2. The number of nitrogens with one attached hydrogen (secondary N) is 1. The van der Waals surface area contributed by atoms with Gasteiger partial charge in [-0.05, 0) is 62.1 Å². The lowest BCUT2D eigenvalue weighted by Gasteiger charge is -2.34. The molecule has 1 saturated carbocycles. The van der Waals surface area contributed by atoms with Crippen molar-refractivity contribution in [2.75, 3.05) is 0 Å². The predicted molar refractivity (Wildman–Crippen MR) is 138 cm³/mol. The average molecular weight is 483 g/mol. The third kappa shape index (κ3) is 4.34. The minimum atomic E-state index is -0.407. The van der Waals surface area contributed by atoms with Gasteiger partial charge >= 0.3 is 0 Å². The Balaban J connectivity index is 1.22. The summed E-state index contributed by atoms with van der Waals surface area (Å²) in [6, 6.07) is 19.5. The van der Waals surface area contributed by atoms with Crippen LogP contribution in [0.1, 0.15) is 78.2 Å². The Morgan fingerprint density at radius 1 is 0.917 bits per heavy atom. The van der Waals surface area contributed by atoms with Crippen molar-refractivity contribution >= 4 is 11.8 Å². The fourth-order valence-corrected chi connectivity index (χ4v) is 6.65. The summed E-state index contributed by atoms with van der Waals surface area (Å²) in [5, 5.41) is 8.04. The van der Waals surface area contributed by atoms with Gasteiger partial charge in [0.05, 0.1) is 18.8 Å². The molecular formula is C30H34N4O2. The van der Waals surface area contributed by atoms with Crippen molar-refractivity contribution in [1.82, 2.24) is 20.0 Å². The summed E-state index contributed by atoms with van der Waals surface area (Å²) in [6.45, 7) is 0.738. The average Bonchev–Trinajstić information content (AvgIpc) is 3.52. The van der Waals surface area contributed by atoms with E-state index in [0.29, 0.717) is 11.5 Å². The highest BCUT2D eigenvalue weighted by Crippen LogP contribution is 2.41. The Hall–Kier alpha value is -3.41. The molecule has 4 atom stereocenters. The number of amides is 2. The number of likely N-dealkylation sites (tertiary alicyclic amines) is 1. The number of hydrogen-bond donors (Lipinski definition) is 1. The molecule has 0 spiro atoms. The van der Waals surface area contributed by atoms with Crippen LogP contribution in [-0.4, -0.2) is 38.6 Å². The molecule has 1 aromatic heterocycles. The Labute approximate surface area is 212 Å². The number of fused-ring (bicyclic) bond motifs is 2. The van der Waals surface area contributed by atoms with E-state index in [1.807, 2.05) is 47.5 Å². The Morgan fingerprint density at radius 2 is 1.67 bits per heavy atom. The number of benzene rings is 2. The maximum atomic E-state index is 13.8. The minimum absolute atomic E-state index is 0.00911. The summed E-state index contributed by atoms with van der Waals surface area (Å²) in [4.78, 5) is 29.3. The zero-order valence-electron chi connectivity index (χ0n) is 20.7. The van der Waals surface area contributed by atoms with E-state index >= 15 is 0 Å². The molecule has 4 unspecified atom stereocenters. The van der Waals surface area contributed by atoms with Gasteiger partial charge in [-0.25, -0.2) is 0 Å². The van der Waals surface area contributed by atoms with E-state index in [2.05, 4.69) is 34.3 Å². The van der Waals surface area contributed by atoms with Crippen LogP contribution in [0.4, 0.5) is 0 Å². The molecule has 6 rings (SSSR count). The van der Waals surface area contributed by atoms with Crippen molar-refractivity contribution in [3.8, 4) is 0 Å². The summed E-state index contributed by atoms with van der Waals surface area (Å²) in [5.41, 5.74) is 4.23. The Kier molecular flexibility index (Phi) is 6.34. The van der Waals surface area contributed by atoms with Gasteiger partial charge < -0.3 is 10.2 Å². The number of carbonyl (C=O) groups is 2. The zero-order chi connectivity index (χ0) is 24.5. The van der Waals surface area contributed by atoms with Crippen LogP contribution in [0.2, 0.25) is 0 Å². The third-order valence-electron chi connectivity index (χ3n) is 8.40. The summed E-state index contributed by atoms with van der Waals surface area (Å²) < 4.78 is 2.08. The highest BCUT2D eigenvalue weighted by Gasteiger charge is 2.48. The summed E-state index contributed by atoms with van der Waals surface area (Å²) in [5.74, 6) is 0.394. The van der Waals surface area contributed by atoms with Gasteiger partial charge in [-0.2, -0.15) is 5.10 Å². The SMILES string of the molecule is O=C(NC1CCCc2c1cnn2Cc1ccccc1)C1CC2CCCCC2N1C(=O)c1ccccc1. The zero-order valence-corrected chi connectivity index (χ0v) is 20.7. The number of aromatic nitrogens is 2. The lowest BCUT2D eigenvalue weighted by atomic mass is 9.84. The Morgan fingerprint density at radius 3 is 2.47 bits per heavy atom. The van der Waals surface area contributed by atoms with Crippen molar-refractivity contribution in [2.24, 2.45) is 5.92 Å². The lowest BCUT2D eigenvalue weighted by Crippen LogP contribution is -2.50. The van der Waals surface area contributed by atoms with Crippen molar-refractivity contribution in [3.63, 3.8) is 0 Å². The van der Waals surface area contributed by atoms with Crippen LogP contribution in [0, 0.1) is 5.92 Å². The second kappa shape index (κ2) is 9.92. The fraction of sp³-hybridized carbons (Fsp3) is 0.433. The number of nitrogens with zero attached hydrogens (tertiary/aromatic N) is 3. The second-order valence-corrected chi connectivity index (χ2v) is 10.6. The number of hydrogen-bond acceptors (Lipinski definition) is 3. The maximum absolute atomic E-state index is 13.8. The van der Waals surface area contributed by atoms with Crippen molar-refractivity contribution in [2.45, 2.75) is 76.0 Å². The molecule has 2 fully saturated rings. The predicted octanol–water partition coefficient (Wildman–Crippen LogP) is 4.90. The molecule has 2 heterocycles. The molecule has 2 aromatic carbocycles. The molecule has 186 valence electrons. The van der Waals surface area contributed by atoms with Gasteiger partial charge in [-0.15, -0.1) is 0 Å². The van der Waals surface area contributed by atoms with E-state index in [-0.39, 0.29) is 23.9 Å². The fourth-order valence-electron chi connectivity index (χ4n) is 6.65. The molecule has 1 aliphatic heterocycles. The smallest absolute Gasteiger partial charge is 0.254 e. The molecule has 3 aliphatic rings. The largest absolute Gasteiger partial charge is 0.347 e. The molecule has 0 radical (unpaired) electrons. The highest BCUT2D eigenvalue weighted by atomic mass is 16.2. The summed E-state index contributed by atoms with van der Waals surface area (Å²) in [6.07, 6.45) is 10.0. The van der Waals surface area contributed by atoms with Crippen LogP contribution >= 0.6 is 0 Å². The van der Waals surface area contributed by atoms with Crippen LogP contribution in [0.5, 0.6) is 0 Å². The molecule has 1 N–H and O–H groups in total. The number of carbonyl (C=O) groups excluding carboxylic acids is 2. The first-order chi connectivity index (χ1) is 17.7. The monoisotopic (exact) mass is 482 g/mol. The minimum Gasteiger partial charge on any atom is -0.347 e. The van der Waals surface area contributed by atoms with E-state index in [0.717, 1.165) is 57.1 Å². The maximum Gasteiger partial charge on any atom is 0.254 e. The summed E-state index contributed by atoms with van der Waals surface area (Å²) in [7, 11) is 0. The van der Waals surface area contributed by atoms with E-state index < -0.39 is 6.04 Å². The van der Waals surface area contributed by atoms with Gasteiger partial charge in [-0.1, -0.05) is 61.4 Å².